The van der Waals surface area contributed by atoms with Crippen molar-refractivity contribution in [1.29, 1.82) is 0 Å². The molecule has 0 atom stereocenters. The molecule has 5 aromatic rings. The lowest BCUT2D eigenvalue weighted by Crippen LogP contribution is -2.20. The highest BCUT2D eigenvalue weighted by Gasteiger charge is 2.17. The fourth-order valence-corrected chi connectivity index (χ4v) is 5.27. The smallest absolute Gasteiger partial charge is 0.337 e. The normalized spacial score (nSPS) is 10.5. The van der Waals surface area contributed by atoms with Crippen LogP contribution in [0.2, 0.25) is 0 Å². The maximum Gasteiger partial charge on any atom is 0.337 e. The van der Waals surface area contributed by atoms with Crippen molar-refractivity contribution in [2.24, 2.45) is 0 Å². The van der Waals surface area contributed by atoms with Crippen molar-refractivity contribution in [2.75, 3.05) is 38.2 Å². The van der Waals surface area contributed by atoms with Crippen LogP contribution in [-0.2, 0) is 32.0 Å². The van der Waals surface area contributed by atoms with Crippen molar-refractivity contribution >= 4 is 46.6 Å². The number of nitrogens with zero attached hydrogens (tertiary/aromatic N) is 3. The maximum absolute atomic E-state index is 12.1. The topological polar surface area (TPSA) is 125 Å². The van der Waals surface area contributed by atoms with Gasteiger partial charge in [-0.05, 0) is 109 Å². The minimum atomic E-state index is -0.440. The van der Waals surface area contributed by atoms with Gasteiger partial charge in [0.2, 0.25) is 0 Å². The number of pyridine rings is 1. The number of methoxy groups -OCH3 is 4. The predicted molar refractivity (Wildman–Crippen MR) is 187 cm³/mol. The van der Waals surface area contributed by atoms with Crippen LogP contribution in [0.4, 0.5) is 22.7 Å². The summed E-state index contributed by atoms with van der Waals surface area (Å²) in [6.45, 7) is 0.704. The number of aromatic nitrogens is 1. The van der Waals surface area contributed by atoms with E-state index in [0.29, 0.717) is 35.3 Å². The van der Waals surface area contributed by atoms with Gasteiger partial charge in [-0.2, -0.15) is 0 Å². The molecule has 4 aromatic carbocycles. The molecule has 1 heterocycles. The lowest BCUT2D eigenvalue weighted by molar-refractivity contribution is 0.0592. The van der Waals surface area contributed by atoms with Crippen LogP contribution in [0.1, 0.15) is 52.8 Å². The summed E-state index contributed by atoms with van der Waals surface area (Å²) < 4.78 is 19.5. The van der Waals surface area contributed by atoms with Gasteiger partial charge in [-0.25, -0.2) is 19.2 Å². The molecule has 0 saturated carbocycles. The number of hydrogen-bond acceptors (Lipinski definition) is 11. The van der Waals surface area contributed by atoms with Crippen molar-refractivity contribution in [3.8, 4) is 0 Å². The molecular formula is C39H35N3O8. The minimum Gasteiger partial charge on any atom is -0.465 e. The van der Waals surface area contributed by atoms with E-state index in [-0.39, 0.29) is 0 Å². The molecule has 0 aliphatic rings. The highest BCUT2D eigenvalue weighted by atomic mass is 16.5. The van der Waals surface area contributed by atoms with Crippen LogP contribution in [0.15, 0.2) is 115 Å². The van der Waals surface area contributed by atoms with Crippen LogP contribution >= 0.6 is 0 Å². The van der Waals surface area contributed by atoms with E-state index in [9.17, 15) is 19.2 Å². The summed E-state index contributed by atoms with van der Waals surface area (Å²) in [6.07, 6.45) is 0. The fraction of sp³-hybridized carbons (Fsp3) is 0.154. The van der Waals surface area contributed by atoms with Gasteiger partial charge >= 0.3 is 23.9 Å². The molecule has 0 unspecified atom stereocenters. The molecule has 0 aliphatic heterocycles. The van der Waals surface area contributed by atoms with E-state index in [0.717, 1.165) is 34.1 Å². The molecule has 5 rings (SSSR count). The van der Waals surface area contributed by atoms with Crippen LogP contribution in [0.25, 0.3) is 0 Å². The van der Waals surface area contributed by atoms with Gasteiger partial charge in [0.15, 0.2) is 0 Å². The Balaban J connectivity index is 1.48. The van der Waals surface area contributed by atoms with E-state index in [1.165, 1.54) is 28.4 Å². The van der Waals surface area contributed by atoms with Crippen molar-refractivity contribution < 1.29 is 38.1 Å². The second kappa shape index (κ2) is 16.1. The van der Waals surface area contributed by atoms with E-state index in [2.05, 4.69) is 0 Å². The molecule has 0 radical (unpaired) electrons. The third-order valence-corrected chi connectivity index (χ3v) is 7.90. The Morgan fingerprint density at radius 3 is 0.880 bits per heavy atom. The molecule has 50 heavy (non-hydrogen) atoms. The Labute approximate surface area is 289 Å². The Kier molecular flexibility index (Phi) is 11.2. The highest BCUT2D eigenvalue weighted by molar-refractivity contribution is 5.92. The quantitative estimate of drug-likeness (QED) is 0.101. The highest BCUT2D eigenvalue weighted by Crippen LogP contribution is 2.31. The van der Waals surface area contributed by atoms with Gasteiger partial charge in [0.05, 0.1) is 75.2 Å². The summed E-state index contributed by atoms with van der Waals surface area (Å²) in [7, 11) is 5.33. The Morgan fingerprint density at radius 1 is 0.420 bits per heavy atom. The molecule has 11 nitrogen and oxygen atoms in total. The molecule has 0 bridgehead atoms. The van der Waals surface area contributed by atoms with Crippen molar-refractivity contribution in [1.82, 2.24) is 4.98 Å². The van der Waals surface area contributed by atoms with Crippen molar-refractivity contribution in [3.63, 3.8) is 0 Å². The zero-order valence-electron chi connectivity index (χ0n) is 28.0. The molecule has 0 N–H and O–H groups in total. The van der Waals surface area contributed by atoms with Crippen LogP contribution in [0.3, 0.4) is 0 Å². The standard InChI is InChI=1S/C39H35N3O8/c1-47-36(43)26-8-16-32(17-9-26)41(33-18-10-27(11-19-33)37(44)48-2)24-30-6-5-7-31(40-30)25-42(34-20-12-28(13-21-34)38(45)49-3)35-22-14-29(15-23-35)39(46)50-4/h5-23H,24-25H2,1-4H3. The van der Waals surface area contributed by atoms with Crippen LogP contribution in [0, 0.1) is 0 Å². The van der Waals surface area contributed by atoms with Gasteiger partial charge in [0.1, 0.15) is 0 Å². The summed E-state index contributed by atoms with van der Waals surface area (Å²) in [6, 6.07) is 33.9. The van der Waals surface area contributed by atoms with Gasteiger partial charge in [0.25, 0.3) is 0 Å². The average Bonchev–Trinajstić information content (AvgIpc) is 3.18. The van der Waals surface area contributed by atoms with Crippen LogP contribution in [0.5, 0.6) is 0 Å². The minimum absolute atomic E-state index is 0.352. The number of carbonyl (C=O) groups excluding carboxylic acids is 4. The van der Waals surface area contributed by atoms with Gasteiger partial charge < -0.3 is 28.7 Å². The van der Waals surface area contributed by atoms with Gasteiger partial charge in [-0.1, -0.05) is 6.07 Å². The van der Waals surface area contributed by atoms with E-state index in [1.54, 1.807) is 48.5 Å². The zero-order chi connectivity index (χ0) is 35.6. The molecule has 0 spiro atoms. The van der Waals surface area contributed by atoms with E-state index in [4.69, 9.17) is 23.9 Å². The largest absolute Gasteiger partial charge is 0.465 e. The maximum atomic E-state index is 12.1. The van der Waals surface area contributed by atoms with Gasteiger partial charge in [0, 0.05) is 22.7 Å². The SMILES string of the molecule is COC(=O)c1ccc(N(Cc2cccc(CN(c3ccc(C(=O)OC)cc3)c3ccc(C(=O)OC)cc3)n2)c2ccc(C(=O)OC)cc2)cc1. The zero-order valence-corrected chi connectivity index (χ0v) is 28.0. The van der Waals surface area contributed by atoms with E-state index in [1.807, 2.05) is 76.5 Å². The molecule has 11 heteroatoms. The first-order valence-corrected chi connectivity index (χ1v) is 15.5. The molecule has 254 valence electrons. The molecule has 0 aliphatic carbocycles. The predicted octanol–water partition coefficient (Wildman–Crippen LogP) is 6.90. The lowest BCUT2D eigenvalue weighted by Gasteiger charge is -2.27. The summed E-state index contributed by atoms with van der Waals surface area (Å²) >= 11 is 0. The lowest BCUT2D eigenvalue weighted by atomic mass is 10.1. The van der Waals surface area contributed by atoms with Gasteiger partial charge in [-0.15, -0.1) is 0 Å². The third-order valence-electron chi connectivity index (χ3n) is 7.90. The van der Waals surface area contributed by atoms with Gasteiger partial charge in [-0.3, -0.25) is 4.98 Å². The summed E-state index contributed by atoms with van der Waals surface area (Å²) in [5.41, 5.74) is 6.30. The van der Waals surface area contributed by atoms with Crippen molar-refractivity contribution in [3.05, 3.63) is 149 Å². The number of esters is 4. The second-order valence-corrected chi connectivity index (χ2v) is 10.9. The molecule has 0 amide bonds. The monoisotopic (exact) mass is 673 g/mol. The molecule has 0 saturated heterocycles. The van der Waals surface area contributed by atoms with E-state index < -0.39 is 23.9 Å². The summed E-state index contributed by atoms with van der Waals surface area (Å²) in [5.74, 6) is -1.76. The Hall–Kier alpha value is -6.49. The van der Waals surface area contributed by atoms with Crippen LogP contribution in [-0.4, -0.2) is 57.3 Å². The van der Waals surface area contributed by atoms with Crippen molar-refractivity contribution in [2.45, 2.75) is 13.1 Å². The summed E-state index contributed by atoms with van der Waals surface area (Å²) in [5, 5.41) is 0. The second-order valence-electron chi connectivity index (χ2n) is 10.9. The average molecular weight is 674 g/mol. The van der Waals surface area contributed by atoms with E-state index >= 15 is 0 Å². The number of benzene rings is 4. The first-order valence-electron chi connectivity index (χ1n) is 15.5. The third kappa shape index (κ3) is 8.13. The Morgan fingerprint density at radius 2 is 0.660 bits per heavy atom. The number of carbonyl (C=O) groups is 4. The number of hydrogen-bond donors (Lipinski definition) is 0. The fourth-order valence-electron chi connectivity index (χ4n) is 5.27. The number of ether oxygens (including phenoxy) is 4. The number of anilines is 4. The summed E-state index contributed by atoms with van der Waals surface area (Å²) in [4.78, 5) is 57.5. The molecule has 0 fully saturated rings. The van der Waals surface area contributed by atoms with Crippen LogP contribution < -0.4 is 9.80 Å². The Bertz CT molecular complexity index is 1700. The first kappa shape index (κ1) is 34.8. The molecular weight excluding hydrogens is 638 g/mol. The number of rotatable bonds is 12. The first-order chi connectivity index (χ1) is 24.2. The molecule has 1 aromatic heterocycles.